The Bertz CT molecular complexity index is 501. The second-order valence-electron chi connectivity index (χ2n) is 4.38. The average Bonchev–Trinajstić information content (AvgIpc) is 2.41. The average molecular weight is 257 g/mol. The molecule has 17 heavy (non-hydrogen) atoms. The summed E-state index contributed by atoms with van der Waals surface area (Å²) in [6, 6.07) is 5.88. The molecule has 0 saturated carbocycles. The summed E-state index contributed by atoms with van der Waals surface area (Å²) in [6.07, 6.45) is 0.581. The van der Waals surface area contributed by atoms with Crippen molar-refractivity contribution in [2.24, 2.45) is 0 Å². The van der Waals surface area contributed by atoms with Gasteiger partial charge in [-0.1, -0.05) is 18.2 Å². The maximum absolute atomic E-state index is 13.7. The molecule has 0 radical (unpaired) electrons. The predicted octanol–water partition coefficient (Wildman–Crippen LogP) is 1.66. The molecule has 1 aliphatic rings. The summed E-state index contributed by atoms with van der Waals surface area (Å²) in [6.45, 7) is 2.24. The van der Waals surface area contributed by atoms with Crippen molar-refractivity contribution in [3.8, 4) is 0 Å². The smallest absolute Gasteiger partial charge is 0.154 e. The van der Waals surface area contributed by atoms with E-state index in [1.54, 1.807) is 25.1 Å². The van der Waals surface area contributed by atoms with Crippen LogP contribution in [0.15, 0.2) is 24.3 Å². The monoisotopic (exact) mass is 257 g/mol. The van der Waals surface area contributed by atoms with Crippen molar-refractivity contribution in [2.75, 3.05) is 12.3 Å². The number of hydrogen-bond donors (Lipinski definition) is 1. The third-order valence-electron chi connectivity index (χ3n) is 3.25. The molecule has 0 aromatic heterocycles. The minimum Gasteiger partial charge on any atom is -0.309 e. The van der Waals surface area contributed by atoms with Crippen LogP contribution in [0.4, 0.5) is 4.39 Å². The van der Waals surface area contributed by atoms with Crippen LogP contribution >= 0.6 is 0 Å². The van der Waals surface area contributed by atoms with E-state index in [0.29, 0.717) is 18.5 Å². The fraction of sp³-hybridized carbons (Fsp3) is 0.500. The molecule has 0 spiro atoms. The van der Waals surface area contributed by atoms with Gasteiger partial charge < -0.3 is 5.32 Å². The van der Waals surface area contributed by atoms with Gasteiger partial charge in [-0.2, -0.15) is 0 Å². The van der Waals surface area contributed by atoms with Gasteiger partial charge in [-0.25, -0.2) is 12.8 Å². The highest BCUT2D eigenvalue weighted by atomic mass is 32.2. The quantitative estimate of drug-likeness (QED) is 0.832. The topological polar surface area (TPSA) is 46.2 Å². The van der Waals surface area contributed by atoms with E-state index in [9.17, 15) is 12.8 Å². The Labute approximate surface area is 101 Å². The first-order chi connectivity index (χ1) is 8.02. The van der Waals surface area contributed by atoms with Gasteiger partial charge in [0.05, 0.1) is 17.0 Å². The van der Waals surface area contributed by atoms with E-state index >= 15 is 0 Å². The molecule has 94 valence electrons. The first-order valence-electron chi connectivity index (χ1n) is 5.72. The number of benzene rings is 1. The molecule has 2 unspecified atom stereocenters. The molecule has 1 N–H and O–H groups in total. The summed E-state index contributed by atoms with van der Waals surface area (Å²) >= 11 is 0. The van der Waals surface area contributed by atoms with E-state index in [2.05, 4.69) is 5.32 Å². The molecule has 0 bridgehead atoms. The number of rotatable bonds is 1. The fourth-order valence-corrected chi connectivity index (χ4v) is 3.76. The molecule has 0 amide bonds. The first kappa shape index (κ1) is 12.5. The molecule has 5 heteroatoms. The predicted molar refractivity (Wildman–Crippen MR) is 65.0 cm³/mol. The summed E-state index contributed by atoms with van der Waals surface area (Å²) < 4.78 is 37.6. The first-order valence-corrected chi connectivity index (χ1v) is 7.43. The van der Waals surface area contributed by atoms with Crippen LogP contribution in [-0.4, -0.2) is 26.0 Å². The molecule has 1 fully saturated rings. The van der Waals surface area contributed by atoms with Gasteiger partial charge in [0, 0.05) is 5.56 Å². The van der Waals surface area contributed by atoms with Crippen molar-refractivity contribution in [1.82, 2.24) is 5.32 Å². The molecule has 1 aliphatic heterocycles. The van der Waals surface area contributed by atoms with Crippen LogP contribution in [0.2, 0.25) is 0 Å². The Kier molecular flexibility index (Phi) is 3.49. The molecule has 1 saturated heterocycles. The Morgan fingerprint density at radius 3 is 2.76 bits per heavy atom. The zero-order valence-electron chi connectivity index (χ0n) is 9.69. The third-order valence-corrected chi connectivity index (χ3v) is 5.51. The van der Waals surface area contributed by atoms with Crippen molar-refractivity contribution < 1.29 is 12.8 Å². The highest BCUT2D eigenvalue weighted by Gasteiger charge is 2.33. The normalized spacial score (nSPS) is 28.6. The zero-order valence-corrected chi connectivity index (χ0v) is 10.5. The van der Waals surface area contributed by atoms with Gasteiger partial charge in [-0.3, -0.25) is 0 Å². The lowest BCUT2D eigenvalue weighted by atomic mass is 10.0. The van der Waals surface area contributed by atoms with E-state index in [0.717, 1.165) is 0 Å². The van der Waals surface area contributed by atoms with Gasteiger partial charge in [0.1, 0.15) is 5.82 Å². The second kappa shape index (κ2) is 4.74. The molecule has 1 aromatic carbocycles. The van der Waals surface area contributed by atoms with Crippen LogP contribution in [0.5, 0.6) is 0 Å². The maximum Gasteiger partial charge on any atom is 0.154 e. The lowest BCUT2D eigenvalue weighted by Crippen LogP contribution is -2.33. The van der Waals surface area contributed by atoms with E-state index in [1.807, 2.05) is 0 Å². The van der Waals surface area contributed by atoms with Gasteiger partial charge in [-0.05, 0) is 26.0 Å². The Morgan fingerprint density at radius 2 is 2.06 bits per heavy atom. The lowest BCUT2D eigenvalue weighted by molar-refractivity contribution is 0.493. The molecule has 1 aromatic rings. The number of sulfone groups is 1. The molecular weight excluding hydrogens is 241 g/mol. The van der Waals surface area contributed by atoms with Crippen molar-refractivity contribution in [3.63, 3.8) is 0 Å². The fourth-order valence-electron chi connectivity index (χ4n) is 2.18. The summed E-state index contributed by atoms with van der Waals surface area (Å²) in [5.74, 6) is -0.180. The largest absolute Gasteiger partial charge is 0.309 e. The lowest BCUT2D eigenvalue weighted by Gasteiger charge is -2.22. The second-order valence-corrected chi connectivity index (χ2v) is 6.86. The van der Waals surface area contributed by atoms with Crippen LogP contribution in [0.3, 0.4) is 0 Å². The van der Waals surface area contributed by atoms with Crippen LogP contribution in [0.25, 0.3) is 0 Å². The number of halogens is 1. The van der Waals surface area contributed by atoms with E-state index in [1.165, 1.54) is 6.07 Å². The molecule has 3 nitrogen and oxygen atoms in total. The molecule has 2 rings (SSSR count). The Morgan fingerprint density at radius 1 is 1.35 bits per heavy atom. The molecular formula is C12H16FNO2S. The molecule has 1 heterocycles. The highest BCUT2D eigenvalue weighted by Crippen LogP contribution is 2.26. The van der Waals surface area contributed by atoms with Crippen molar-refractivity contribution in [1.29, 1.82) is 0 Å². The summed E-state index contributed by atoms with van der Waals surface area (Å²) in [5, 5.41) is 2.53. The molecule has 2 atom stereocenters. The molecule has 0 aliphatic carbocycles. The SMILES string of the molecule is CC1C(c2ccccc2F)NCCCS1(=O)=O. The van der Waals surface area contributed by atoms with Crippen molar-refractivity contribution in [2.45, 2.75) is 24.6 Å². The standard InChI is InChI=1S/C12H16FNO2S/c1-9-12(10-5-2-3-6-11(10)13)14-7-4-8-17(9,15)16/h2-3,5-6,9,12,14H,4,7-8H2,1H3. The minimum atomic E-state index is -3.14. The van der Waals surface area contributed by atoms with Crippen molar-refractivity contribution >= 4 is 9.84 Å². The summed E-state index contributed by atoms with van der Waals surface area (Å²) in [7, 11) is -3.14. The third kappa shape index (κ3) is 2.50. The number of hydrogen-bond acceptors (Lipinski definition) is 3. The van der Waals surface area contributed by atoms with E-state index < -0.39 is 21.1 Å². The van der Waals surface area contributed by atoms with Crippen LogP contribution in [0, 0.1) is 5.82 Å². The minimum absolute atomic E-state index is 0.173. The Hall–Kier alpha value is -0.940. The highest BCUT2D eigenvalue weighted by molar-refractivity contribution is 7.92. The van der Waals surface area contributed by atoms with Gasteiger partial charge in [0.15, 0.2) is 9.84 Å². The van der Waals surface area contributed by atoms with E-state index in [4.69, 9.17) is 0 Å². The van der Waals surface area contributed by atoms with E-state index in [-0.39, 0.29) is 11.6 Å². The van der Waals surface area contributed by atoms with Gasteiger partial charge >= 0.3 is 0 Å². The number of nitrogens with one attached hydrogen (secondary N) is 1. The maximum atomic E-state index is 13.7. The van der Waals surface area contributed by atoms with Gasteiger partial charge in [0.25, 0.3) is 0 Å². The van der Waals surface area contributed by atoms with Gasteiger partial charge in [0.2, 0.25) is 0 Å². The van der Waals surface area contributed by atoms with Gasteiger partial charge in [-0.15, -0.1) is 0 Å². The summed E-state index contributed by atoms with van der Waals surface area (Å²) in [5.41, 5.74) is 0.436. The summed E-state index contributed by atoms with van der Waals surface area (Å²) in [4.78, 5) is 0. The van der Waals surface area contributed by atoms with Crippen LogP contribution in [-0.2, 0) is 9.84 Å². The Balaban J connectivity index is 2.40. The zero-order chi connectivity index (χ0) is 12.5. The van der Waals surface area contributed by atoms with Crippen LogP contribution < -0.4 is 5.32 Å². The van der Waals surface area contributed by atoms with Crippen molar-refractivity contribution in [3.05, 3.63) is 35.6 Å². The van der Waals surface area contributed by atoms with Crippen LogP contribution in [0.1, 0.15) is 24.9 Å².